The van der Waals surface area contributed by atoms with Crippen LogP contribution in [0.1, 0.15) is 42.2 Å². The highest BCUT2D eigenvalue weighted by Gasteiger charge is 2.31. The van der Waals surface area contributed by atoms with Crippen LogP contribution in [0.4, 0.5) is 0 Å². The number of aromatic amines is 1. The SMILES string of the molecule is Cc1c(Cn2nc[nH]c2=O)sc2c1c(=O)n(C1CC1)c(=O)n2C[C@H]1CCCO1. The number of H-pyrrole nitrogens is 1. The van der Waals surface area contributed by atoms with Gasteiger partial charge in [0.05, 0.1) is 24.6 Å². The van der Waals surface area contributed by atoms with Crippen molar-refractivity contribution in [3.63, 3.8) is 0 Å². The van der Waals surface area contributed by atoms with Gasteiger partial charge in [0.1, 0.15) is 11.2 Å². The van der Waals surface area contributed by atoms with Crippen LogP contribution < -0.4 is 16.9 Å². The number of nitrogens with one attached hydrogen (secondary N) is 1. The largest absolute Gasteiger partial charge is 0.376 e. The second-order valence-corrected chi connectivity index (χ2v) is 8.60. The predicted molar refractivity (Wildman–Crippen MR) is 104 cm³/mol. The van der Waals surface area contributed by atoms with Gasteiger partial charge in [0.15, 0.2) is 0 Å². The van der Waals surface area contributed by atoms with Crippen molar-refractivity contribution in [3.05, 3.63) is 48.1 Å². The highest BCUT2D eigenvalue weighted by molar-refractivity contribution is 7.18. The van der Waals surface area contributed by atoms with Gasteiger partial charge in [-0.25, -0.2) is 14.3 Å². The molecule has 1 aliphatic carbocycles. The molecule has 1 atom stereocenters. The van der Waals surface area contributed by atoms with E-state index in [0.717, 1.165) is 36.1 Å². The molecular formula is C18H21N5O4S. The fourth-order valence-electron chi connectivity index (χ4n) is 3.90. The number of rotatable bonds is 5. The van der Waals surface area contributed by atoms with E-state index in [9.17, 15) is 14.4 Å². The molecular weight excluding hydrogens is 382 g/mol. The highest BCUT2D eigenvalue weighted by atomic mass is 32.1. The first kappa shape index (κ1) is 17.6. The van der Waals surface area contributed by atoms with Gasteiger partial charge in [-0.15, -0.1) is 11.3 Å². The van der Waals surface area contributed by atoms with Crippen molar-refractivity contribution >= 4 is 21.6 Å². The summed E-state index contributed by atoms with van der Waals surface area (Å²) in [5, 5.41) is 4.58. The van der Waals surface area contributed by atoms with Crippen molar-refractivity contribution in [1.29, 1.82) is 0 Å². The van der Waals surface area contributed by atoms with Crippen molar-refractivity contribution < 1.29 is 4.74 Å². The third-order valence-corrected chi connectivity index (χ3v) is 6.88. The van der Waals surface area contributed by atoms with Crippen molar-refractivity contribution in [2.24, 2.45) is 0 Å². The van der Waals surface area contributed by atoms with Crippen molar-refractivity contribution in [3.8, 4) is 0 Å². The summed E-state index contributed by atoms with van der Waals surface area (Å²) in [5.74, 6) is 0. The van der Waals surface area contributed by atoms with E-state index in [-0.39, 0.29) is 35.6 Å². The van der Waals surface area contributed by atoms with Gasteiger partial charge >= 0.3 is 11.4 Å². The molecule has 4 heterocycles. The zero-order valence-corrected chi connectivity index (χ0v) is 16.3. The summed E-state index contributed by atoms with van der Waals surface area (Å²) < 4.78 is 10.2. The van der Waals surface area contributed by atoms with E-state index in [1.807, 2.05) is 6.92 Å². The van der Waals surface area contributed by atoms with Crippen molar-refractivity contribution in [2.75, 3.05) is 6.61 Å². The summed E-state index contributed by atoms with van der Waals surface area (Å²) in [6, 6.07) is -0.00291. The Hall–Kier alpha value is -2.46. The normalized spacial score (nSPS) is 19.7. The number of nitrogens with zero attached hydrogens (tertiary/aromatic N) is 4. The molecule has 0 amide bonds. The molecule has 0 unspecified atom stereocenters. The Balaban J connectivity index is 1.71. The fraction of sp³-hybridized carbons (Fsp3) is 0.556. The monoisotopic (exact) mass is 403 g/mol. The first-order chi connectivity index (χ1) is 13.5. The van der Waals surface area contributed by atoms with Crippen molar-refractivity contribution in [1.82, 2.24) is 23.9 Å². The first-order valence-electron chi connectivity index (χ1n) is 9.54. The minimum absolute atomic E-state index is 0.00291. The number of fused-ring (bicyclic) bond motifs is 1. The maximum atomic E-state index is 13.2. The molecule has 0 spiro atoms. The number of aromatic nitrogens is 5. The van der Waals surface area contributed by atoms with E-state index in [2.05, 4.69) is 10.1 Å². The second-order valence-electron chi connectivity index (χ2n) is 7.52. The number of thiophene rings is 1. The number of hydrogen-bond acceptors (Lipinski definition) is 6. The molecule has 0 aromatic carbocycles. The van der Waals surface area contributed by atoms with Crippen LogP contribution in [0.3, 0.4) is 0 Å². The van der Waals surface area contributed by atoms with Gasteiger partial charge < -0.3 is 4.74 Å². The Morgan fingerprint density at radius 2 is 2.11 bits per heavy atom. The zero-order chi connectivity index (χ0) is 19.4. The van der Waals surface area contributed by atoms with Crippen LogP contribution in [0.2, 0.25) is 0 Å². The molecule has 1 saturated heterocycles. The summed E-state index contributed by atoms with van der Waals surface area (Å²) in [5.41, 5.74) is 0.0417. The van der Waals surface area contributed by atoms with Gasteiger partial charge in [-0.1, -0.05) is 0 Å². The molecule has 5 rings (SSSR count). The molecule has 1 aliphatic heterocycles. The molecule has 2 fully saturated rings. The van der Waals surface area contributed by atoms with Gasteiger partial charge in [0.2, 0.25) is 0 Å². The van der Waals surface area contributed by atoms with E-state index >= 15 is 0 Å². The summed E-state index contributed by atoms with van der Waals surface area (Å²) in [6.45, 7) is 3.31. The van der Waals surface area contributed by atoms with E-state index < -0.39 is 0 Å². The quantitative estimate of drug-likeness (QED) is 0.684. The minimum Gasteiger partial charge on any atom is -0.376 e. The lowest BCUT2D eigenvalue weighted by atomic mass is 10.2. The van der Waals surface area contributed by atoms with Gasteiger partial charge in [0.25, 0.3) is 5.56 Å². The van der Waals surface area contributed by atoms with Gasteiger partial charge in [-0.05, 0) is 38.2 Å². The maximum Gasteiger partial charge on any atom is 0.343 e. The number of aryl methyl sites for hydroxylation is 1. The molecule has 148 valence electrons. The Morgan fingerprint density at radius 3 is 2.75 bits per heavy atom. The van der Waals surface area contributed by atoms with Gasteiger partial charge in [-0.2, -0.15) is 5.10 Å². The van der Waals surface area contributed by atoms with E-state index in [1.165, 1.54) is 26.9 Å². The first-order valence-corrected chi connectivity index (χ1v) is 10.4. The molecule has 28 heavy (non-hydrogen) atoms. The Kier molecular flexibility index (Phi) is 4.13. The highest BCUT2D eigenvalue weighted by Crippen LogP contribution is 2.34. The Labute approximate surface area is 163 Å². The Bertz CT molecular complexity index is 1220. The van der Waals surface area contributed by atoms with Crippen LogP contribution in [0.5, 0.6) is 0 Å². The van der Waals surface area contributed by atoms with Crippen LogP contribution in [-0.2, 0) is 17.8 Å². The minimum atomic E-state index is -0.302. The fourth-order valence-corrected chi connectivity index (χ4v) is 5.18. The molecule has 0 radical (unpaired) electrons. The van der Waals surface area contributed by atoms with Crippen LogP contribution in [0.15, 0.2) is 20.7 Å². The number of hydrogen-bond donors (Lipinski definition) is 1. The van der Waals surface area contributed by atoms with E-state index in [4.69, 9.17) is 4.74 Å². The van der Waals surface area contributed by atoms with E-state index in [0.29, 0.717) is 23.4 Å². The van der Waals surface area contributed by atoms with Gasteiger partial charge in [0, 0.05) is 17.5 Å². The molecule has 10 heteroatoms. The third kappa shape index (κ3) is 2.78. The maximum absolute atomic E-state index is 13.2. The lowest BCUT2D eigenvalue weighted by Gasteiger charge is -2.15. The molecule has 2 aliphatic rings. The van der Waals surface area contributed by atoms with Crippen molar-refractivity contribution in [2.45, 2.75) is 57.8 Å². The summed E-state index contributed by atoms with van der Waals surface area (Å²) in [6.07, 6.45) is 4.96. The third-order valence-electron chi connectivity index (χ3n) is 5.58. The smallest absolute Gasteiger partial charge is 0.343 e. The molecule has 1 N–H and O–H groups in total. The van der Waals surface area contributed by atoms with E-state index in [1.54, 1.807) is 4.57 Å². The molecule has 1 saturated carbocycles. The van der Waals surface area contributed by atoms with Gasteiger partial charge in [-0.3, -0.25) is 18.9 Å². The second kappa shape index (κ2) is 6.56. The Morgan fingerprint density at radius 1 is 1.29 bits per heavy atom. The average molecular weight is 403 g/mol. The van der Waals surface area contributed by atoms with Crippen LogP contribution in [-0.4, -0.2) is 36.6 Å². The summed E-state index contributed by atoms with van der Waals surface area (Å²) >= 11 is 1.39. The van der Waals surface area contributed by atoms with Crippen LogP contribution in [0.25, 0.3) is 10.2 Å². The molecule has 9 nitrogen and oxygen atoms in total. The molecule has 0 bridgehead atoms. The predicted octanol–water partition coefficient (Wildman–Crippen LogP) is 0.980. The standard InChI is InChI=1S/C18H21N5O4S/c1-10-13(8-22-17(25)19-9-20-22)28-16-14(10)15(24)23(11-4-5-11)18(26)21(16)7-12-3-2-6-27-12/h9,11-12H,2-8H2,1H3,(H,19,20,25)/t12-/m1/s1. The van der Waals surface area contributed by atoms with Crippen LogP contribution >= 0.6 is 11.3 Å². The lowest BCUT2D eigenvalue weighted by Crippen LogP contribution is -2.40. The number of ether oxygens (including phenoxy) is 1. The van der Waals surface area contributed by atoms with Crippen LogP contribution in [0, 0.1) is 6.92 Å². The summed E-state index contributed by atoms with van der Waals surface area (Å²) in [7, 11) is 0. The lowest BCUT2D eigenvalue weighted by molar-refractivity contribution is 0.0966. The zero-order valence-electron chi connectivity index (χ0n) is 15.5. The molecule has 3 aromatic heterocycles. The topological polar surface area (TPSA) is 104 Å². The summed E-state index contributed by atoms with van der Waals surface area (Å²) in [4.78, 5) is 42.2. The average Bonchev–Trinajstić information content (AvgIpc) is 3.06. The molecule has 3 aromatic rings.